The SMILES string of the molecule is COc1ccc(N2C[C@H](CNC(=O)C3CCCC3)OC2=O)cc1OC. The molecule has 2 fully saturated rings. The van der Waals surface area contributed by atoms with Gasteiger partial charge in [-0.25, -0.2) is 4.79 Å². The Labute approximate surface area is 147 Å². The molecule has 1 aromatic rings. The lowest BCUT2D eigenvalue weighted by molar-refractivity contribution is -0.125. The molecule has 2 aliphatic rings. The Hall–Kier alpha value is -2.44. The molecular weight excluding hydrogens is 324 g/mol. The van der Waals surface area contributed by atoms with Crippen LogP contribution in [0.3, 0.4) is 0 Å². The Balaban J connectivity index is 1.59. The summed E-state index contributed by atoms with van der Waals surface area (Å²) in [5.41, 5.74) is 0.673. The molecule has 1 saturated carbocycles. The van der Waals surface area contributed by atoms with Gasteiger partial charge in [-0.1, -0.05) is 12.8 Å². The largest absolute Gasteiger partial charge is 0.493 e. The number of rotatable bonds is 6. The van der Waals surface area contributed by atoms with Gasteiger partial charge >= 0.3 is 6.09 Å². The minimum absolute atomic E-state index is 0.0677. The third kappa shape index (κ3) is 3.81. The molecule has 25 heavy (non-hydrogen) atoms. The number of methoxy groups -OCH3 is 2. The van der Waals surface area contributed by atoms with E-state index in [4.69, 9.17) is 14.2 Å². The first-order valence-corrected chi connectivity index (χ1v) is 8.60. The summed E-state index contributed by atoms with van der Waals surface area (Å²) >= 11 is 0. The number of hydrogen-bond donors (Lipinski definition) is 1. The van der Waals surface area contributed by atoms with E-state index in [2.05, 4.69) is 5.32 Å². The highest BCUT2D eigenvalue weighted by molar-refractivity contribution is 5.90. The molecule has 7 nitrogen and oxygen atoms in total. The van der Waals surface area contributed by atoms with Crippen molar-refractivity contribution in [1.29, 1.82) is 0 Å². The highest BCUT2D eigenvalue weighted by Gasteiger charge is 2.33. The highest BCUT2D eigenvalue weighted by Crippen LogP contribution is 2.33. The van der Waals surface area contributed by atoms with Gasteiger partial charge in [-0.15, -0.1) is 0 Å². The summed E-state index contributed by atoms with van der Waals surface area (Å²) in [4.78, 5) is 25.8. The maximum absolute atomic E-state index is 12.2. The standard InChI is InChI=1S/C18H24N2O5/c1-23-15-8-7-13(9-16(15)24-2)20-11-14(25-18(20)22)10-19-17(21)12-5-3-4-6-12/h7-9,12,14H,3-6,10-11H2,1-2H3,(H,19,21)/t14-/m0/s1. The molecule has 0 unspecified atom stereocenters. The van der Waals surface area contributed by atoms with E-state index in [1.165, 1.54) is 4.90 Å². The number of hydrogen-bond acceptors (Lipinski definition) is 5. The third-order valence-corrected chi connectivity index (χ3v) is 4.78. The Morgan fingerprint density at radius 3 is 2.64 bits per heavy atom. The molecule has 1 heterocycles. The number of nitrogens with zero attached hydrogens (tertiary/aromatic N) is 1. The molecule has 136 valence electrons. The van der Waals surface area contributed by atoms with Crippen molar-refractivity contribution in [2.75, 3.05) is 32.2 Å². The topological polar surface area (TPSA) is 77.1 Å². The van der Waals surface area contributed by atoms with Crippen molar-refractivity contribution in [2.24, 2.45) is 5.92 Å². The zero-order valence-corrected chi connectivity index (χ0v) is 14.6. The molecule has 0 aromatic heterocycles. The van der Waals surface area contributed by atoms with Crippen LogP contribution in [0, 0.1) is 5.92 Å². The normalized spacial score (nSPS) is 20.5. The first kappa shape index (κ1) is 17.4. The van der Waals surface area contributed by atoms with Gasteiger partial charge in [0.1, 0.15) is 6.10 Å². The van der Waals surface area contributed by atoms with Crippen LogP contribution in [0.15, 0.2) is 18.2 Å². The molecule has 0 bridgehead atoms. The van der Waals surface area contributed by atoms with Crippen LogP contribution in [0.2, 0.25) is 0 Å². The zero-order valence-electron chi connectivity index (χ0n) is 14.6. The average Bonchev–Trinajstić information content (AvgIpc) is 3.29. The minimum Gasteiger partial charge on any atom is -0.493 e. The maximum Gasteiger partial charge on any atom is 0.414 e. The predicted molar refractivity (Wildman–Crippen MR) is 92.1 cm³/mol. The fourth-order valence-corrected chi connectivity index (χ4v) is 3.38. The van der Waals surface area contributed by atoms with Crippen LogP contribution in [-0.4, -0.2) is 45.4 Å². The highest BCUT2D eigenvalue weighted by atomic mass is 16.6. The summed E-state index contributed by atoms with van der Waals surface area (Å²) in [6, 6.07) is 5.26. The summed E-state index contributed by atoms with van der Waals surface area (Å²) in [5.74, 6) is 1.32. The smallest absolute Gasteiger partial charge is 0.414 e. The number of anilines is 1. The lowest BCUT2D eigenvalue weighted by atomic mass is 10.1. The summed E-state index contributed by atoms with van der Waals surface area (Å²) in [6.07, 6.45) is 3.35. The van der Waals surface area contributed by atoms with Crippen LogP contribution in [0.5, 0.6) is 11.5 Å². The Kier molecular flexibility index (Phi) is 5.31. The molecule has 1 saturated heterocycles. The van der Waals surface area contributed by atoms with Crippen molar-refractivity contribution in [3.05, 3.63) is 18.2 Å². The number of nitrogens with one attached hydrogen (secondary N) is 1. The second kappa shape index (κ2) is 7.63. The van der Waals surface area contributed by atoms with Gasteiger partial charge in [0.25, 0.3) is 0 Å². The van der Waals surface area contributed by atoms with Crippen LogP contribution in [0.25, 0.3) is 0 Å². The van der Waals surface area contributed by atoms with Crippen molar-refractivity contribution in [3.8, 4) is 11.5 Å². The molecule has 2 amide bonds. The number of amides is 2. The number of cyclic esters (lactones) is 1. The average molecular weight is 348 g/mol. The molecule has 1 aliphatic carbocycles. The van der Waals surface area contributed by atoms with E-state index in [9.17, 15) is 9.59 Å². The second-order valence-electron chi connectivity index (χ2n) is 6.38. The molecular formula is C18H24N2O5. The monoisotopic (exact) mass is 348 g/mol. The summed E-state index contributed by atoms with van der Waals surface area (Å²) in [5, 5.41) is 2.91. The fourth-order valence-electron chi connectivity index (χ4n) is 3.38. The van der Waals surface area contributed by atoms with E-state index < -0.39 is 6.09 Å². The van der Waals surface area contributed by atoms with Crippen LogP contribution in [-0.2, 0) is 9.53 Å². The molecule has 0 spiro atoms. The van der Waals surface area contributed by atoms with Gasteiger partial charge in [-0.2, -0.15) is 0 Å². The van der Waals surface area contributed by atoms with E-state index in [0.717, 1.165) is 25.7 Å². The van der Waals surface area contributed by atoms with E-state index in [1.54, 1.807) is 32.4 Å². The lowest BCUT2D eigenvalue weighted by Crippen LogP contribution is -2.37. The molecule has 1 atom stereocenters. The molecule has 1 N–H and O–H groups in total. The van der Waals surface area contributed by atoms with Gasteiger partial charge in [-0.3, -0.25) is 9.69 Å². The van der Waals surface area contributed by atoms with Crippen molar-refractivity contribution in [1.82, 2.24) is 5.32 Å². The van der Waals surface area contributed by atoms with Gasteiger partial charge in [-0.05, 0) is 25.0 Å². The molecule has 3 rings (SSSR count). The summed E-state index contributed by atoms with van der Waals surface area (Å²) in [6.45, 7) is 0.726. The molecule has 7 heteroatoms. The Morgan fingerprint density at radius 1 is 1.24 bits per heavy atom. The summed E-state index contributed by atoms with van der Waals surface area (Å²) < 4.78 is 15.9. The van der Waals surface area contributed by atoms with E-state index >= 15 is 0 Å². The number of carbonyl (C=O) groups excluding carboxylic acids is 2. The van der Waals surface area contributed by atoms with Gasteiger partial charge in [0.15, 0.2) is 11.5 Å². The van der Waals surface area contributed by atoms with Gasteiger partial charge in [0.05, 0.1) is 33.0 Å². The van der Waals surface area contributed by atoms with Crippen LogP contribution in [0.4, 0.5) is 10.5 Å². The second-order valence-corrected chi connectivity index (χ2v) is 6.38. The van der Waals surface area contributed by atoms with Crippen LogP contribution < -0.4 is 19.7 Å². The Bertz CT molecular complexity index is 642. The number of carbonyl (C=O) groups is 2. The molecule has 0 radical (unpaired) electrons. The van der Waals surface area contributed by atoms with Gasteiger partial charge < -0.3 is 19.5 Å². The van der Waals surface area contributed by atoms with Crippen molar-refractivity contribution in [3.63, 3.8) is 0 Å². The first-order chi connectivity index (χ1) is 12.1. The van der Waals surface area contributed by atoms with Gasteiger partial charge in [0.2, 0.25) is 5.91 Å². The van der Waals surface area contributed by atoms with Gasteiger partial charge in [0, 0.05) is 12.0 Å². The number of ether oxygens (including phenoxy) is 3. The minimum atomic E-state index is -0.424. The third-order valence-electron chi connectivity index (χ3n) is 4.78. The van der Waals surface area contributed by atoms with E-state index in [0.29, 0.717) is 30.3 Å². The lowest BCUT2D eigenvalue weighted by Gasteiger charge is -2.16. The van der Waals surface area contributed by atoms with Crippen molar-refractivity contribution in [2.45, 2.75) is 31.8 Å². The van der Waals surface area contributed by atoms with Crippen molar-refractivity contribution >= 4 is 17.7 Å². The predicted octanol–water partition coefficient (Wildman–Crippen LogP) is 2.34. The van der Waals surface area contributed by atoms with Crippen LogP contribution >= 0.6 is 0 Å². The van der Waals surface area contributed by atoms with Crippen molar-refractivity contribution < 1.29 is 23.8 Å². The zero-order chi connectivity index (χ0) is 17.8. The van der Waals surface area contributed by atoms with Crippen LogP contribution in [0.1, 0.15) is 25.7 Å². The fraction of sp³-hybridized carbons (Fsp3) is 0.556. The Morgan fingerprint density at radius 2 is 1.96 bits per heavy atom. The van der Waals surface area contributed by atoms with E-state index in [1.807, 2.05) is 0 Å². The van der Waals surface area contributed by atoms with E-state index in [-0.39, 0.29) is 17.9 Å². The molecule has 1 aromatic carbocycles. The number of benzene rings is 1. The summed E-state index contributed by atoms with van der Waals surface area (Å²) in [7, 11) is 3.11. The molecule has 1 aliphatic heterocycles. The quantitative estimate of drug-likeness (QED) is 0.854. The maximum atomic E-state index is 12.2. The first-order valence-electron chi connectivity index (χ1n) is 8.60.